The van der Waals surface area contributed by atoms with Gasteiger partial charge in [0.05, 0.1) is 4.92 Å². The second-order valence-corrected chi connectivity index (χ2v) is 5.48. The molecule has 0 fully saturated rings. The number of aliphatic hydroxyl groups is 1. The Labute approximate surface area is 153 Å². The minimum atomic E-state index is -0.991. The molecule has 0 bridgehead atoms. The molecule has 1 aromatic heterocycles. The molecule has 1 heterocycles. The van der Waals surface area contributed by atoms with Gasteiger partial charge in [0.15, 0.2) is 11.3 Å². The lowest BCUT2D eigenvalue weighted by molar-refractivity contribution is -0.386. The van der Waals surface area contributed by atoms with Gasteiger partial charge in [-0.25, -0.2) is 0 Å². The van der Waals surface area contributed by atoms with Crippen molar-refractivity contribution in [2.75, 3.05) is 7.05 Å². The first kappa shape index (κ1) is 19.2. The number of rotatable bonds is 5. The summed E-state index contributed by atoms with van der Waals surface area (Å²) >= 11 is 0. The van der Waals surface area contributed by atoms with Crippen molar-refractivity contribution in [3.8, 4) is 17.6 Å². The fraction of sp³-hybridized carbons (Fsp3) is 0.118. The lowest BCUT2D eigenvalue weighted by Gasteiger charge is -2.17. The van der Waals surface area contributed by atoms with E-state index in [1.165, 1.54) is 13.2 Å². The monoisotopic (exact) mass is 370 g/mol. The maximum Gasteiger partial charge on any atom is 0.315 e. The number of benzene rings is 1. The number of nitro benzene ring substituents is 1. The molecule has 0 radical (unpaired) electrons. The number of carbonyl (C=O) groups excluding carboxylic acids is 1. The number of nitriles is 1. The molecule has 0 aliphatic rings. The lowest BCUT2D eigenvalue weighted by Crippen LogP contribution is -2.28. The lowest BCUT2D eigenvalue weighted by atomic mass is 10.1. The molecule has 0 spiro atoms. The maximum atomic E-state index is 12.5. The van der Waals surface area contributed by atoms with Crippen LogP contribution in [0.15, 0.2) is 42.2 Å². The Morgan fingerprint density at radius 2 is 2.11 bits per heavy atom. The number of pyridine rings is 1. The molecule has 138 valence electrons. The van der Waals surface area contributed by atoms with Gasteiger partial charge in [0.25, 0.3) is 5.91 Å². The van der Waals surface area contributed by atoms with E-state index < -0.39 is 39.3 Å². The molecule has 0 saturated carbocycles. The van der Waals surface area contributed by atoms with Crippen LogP contribution in [0.1, 0.15) is 11.1 Å². The standard InChI is InChI=1S/C17H14N4O6/c1-20(9-10-3-2-4-19-8-10)17(25)12(7-18)15(23)11-5-13(21(26)27)16(24)14(22)6-11/h2-6,8,22-24H,9H2,1H3/b15-12-. The molecule has 1 aromatic carbocycles. The zero-order chi connectivity index (χ0) is 20.1. The third-order valence-electron chi connectivity index (χ3n) is 3.59. The van der Waals surface area contributed by atoms with Gasteiger partial charge in [-0.3, -0.25) is 19.9 Å². The summed E-state index contributed by atoms with van der Waals surface area (Å²) in [7, 11) is 1.40. The SMILES string of the molecule is CN(Cc1cccnc1)C(=O)/C(C#N)=C(\O)c1cc(O)c(O)c([N+](=O)[O-])c1. The van der Waals surface area contributed by atoms with E-state index in [1.807, 2.05) is 0 Å². The summed E-state index contributed by atoms with van der Waals surface area (Å²) in [6.07, 6.45) is 3.09. The van der Waals surface area contributed by atoms with Crippen LogP contribution in [-0.2, 0) is 11.3 Å². The van der Waals surface area contributed by atoms with E-state index in [1.54, 1.807) is 24.4 Å². The quantitative estimate of drug-likeness (QED) is 0.179. The summed E-state index contributed by atoms with van der Waals surface area (Å²) in [6.45, 7) is 0.103. The van der Waals surface area contributed by atoms with Gasteiger partial charge in [-0.05, 0) is 17.7 Å². The third kappa shape index (κ3) is 4.10. The predicted molar refractivity (Wildman–Crippen MR) is 92.3 cm³/mol. The summed E-state index contributed by atoms with van der Waals surface area (Å²) in [5.74, 6) is -3.57. The highest BCUT2D eigenvalue weighted by Crippen LogP contribution is 2.38. The number of carbonyl (C=O) groups is 1. The average Bonchev–Trinajstić information content (AvgIpc) is 2.64. The minimum absolute atomic E-state index is 0.103. The fourth-order valence-electron chi connectivity index (χ4n) is 2.25. The molecule has 10 heteroatoms. The number of nitrogens with zero attached hydrogens (tertiary/aromatic N) is 4. The second-order valence-electron chi connectivity index (χ2n) is 5.48. The highest BCUT2D eigenvalue weighted by molar-refractivity contribution is 6.03. The number of amides is 1. The predicted octanol–water partition coefficient (Wildman–Crippen LogP) is 1.85. The first-order valence-electron chi connectivity index (χ1n) is 7.44. The van der Waals surface area contributed by atoms with Crippen molar-refractivity contribution >= 4 is 17.4 Å². The first-order valence-corrected chi connectivity index (χ1v) is 7.44. The molecule has 0 aliphatic heterocycles. The van der Waals surface area contributed by atoms with Crippen LogP contribution in [0.3, 0.4) is 0 Å². The van der Waals surface area contributed by atoms with Gasteiger partial charge in [-0.1, -0.05) is 6.07 Å². The van der Waals surface area contributed by atoms with E-state index in [2.05, 4.69) is 4.98 Å². The molecule has 2 aromatic rings. The van der Waals surface area contributed by atoms with Crippen LogP contribution in [0.2, 0.25) is 0 Å². The number of hydrogen-bond acceptors (Lipinski definition) is 8. The second kappa shape index (κ2) is 7.83. The Morgan fingerprint density at radius 3 is 2.67 bits per heavy atom. The summed E-state index contributed by atoms with van der Waals surface area (Å²) in [4.78, 5) is 27.5. The van der Waals surface area contributed by atoms with E-state index in [4.69, 9.17) is 0 Å². The van der Waals surface area contributed by atoms with Gasteiger partial charge in [-0.2, -0.15) is 5.26 Å². The van der Waals surface area contributed by atoms with Gasteiger partial charge in [-0.15, -0.1) is 0 Å². The molecule has 0 atom stereocenters. The van der Waals surface area contributed by atoms with Crippen LogP contribution in [0, 0.1) is 21.4 Å². The number of hydrogen-bond donors (Lipinski definition) is 3. The van der Waals surface area contributed by atoms with Crippen molar-refractivity contribution in [1.82, 2.24) is 9.88 Å². The maximum absolute atomic E-state index is 12.5. The third-order valence-corrected chi connectivity index (χ3v) is 3.59. The number of nitro groups is 1. The van der Waals surface area contributed by atoms with E-state index in [0.717, 1.165) is 17.0 Å². The number of phenolic OH excluding ortho intramolecular Hbond substituents is 2. The highest BCUT2D eigenvalue weighted by Gasteiger charge is 2.25. The van der Waals surface area contributed by atoms with Crippen LogP contribution < -0.4 is 0 Å². The fourth-order valence-corrected chi connectivity index (χ4v) is 2.25. The molecule has 3 N–H and O–H groups in total. The van der Waals surface area contributed by atoms with Crippen LogP contribution >= 0.6 is 0 Å². The van der Waals surface area contributed by atoms with E-state index in [9.17, 15) is 35.5 Å². The molecular weight excluding hydrogens is 356 g/mol. The topological polar surface area (TPSA) is 161 Å². The van der Waals surface area contributed by atoms with Crippen LogP contribution in [-0.4, -0.2) is 43.1 Å². The highest BCUT2D eigenvalue weighted by atomic mass is 16.6. The molecule has 2 rings (SSSR count). The van der Waals surface area contributed by atoms with Gasteiger partial charge in [0, 0.05) is 37.6 Å². The number of likely N-dealkylation sites (N-methyl/N-ethyl adjacent to an activating group) is 1. The van der Waals surface area contributed by atoms with Crippen LogP contribution in [0.5, 0.6) is 11.5 Å². The summed E-state index contributed by atoms with van der Waals surface area (Å²) in [5, 5.41) is 49.6. The molecule has 1 amide bonds. The van der Waals surface area contributed by atoms with E-state index in [0.29, 0.717) is 5.56 Å². The van der Waals surface area contributed by atoms with Crippen molar-refractivity contribution in [1.29, 1.82) is 5.26 Å². The summed E-state index contributed by atoms with van der Waals surface area (Å²) in [5.41, 5.74) is -1.24. The zero-order valence-corrected chi connectivity index (χ0v) is 14.0. The normalized spacial score (nSPS) is 11.3. The number of phenols is 2. The van der Waals surface area contributed by atoms with E-state index in [-0.39, 0.29) is 12.1 Å². The Kier molecular flexibility index (Phi) is 5.57. The zero-order valence-electron chi connectivity index (χ0n) is 14.0. The minimum Gasteiger partial charge on any atom is -0.506 e. The van der Waals surface area contributed by atoms with Gasteiger partial charge < -0.3 is 20.2 Å². The first-order chi connectivity index (χ1) is 12.8. The van der Waals surface area contributed by atoms with Crippen molar-refractivity contribution in [3.63, 3.8) is 0 Å². The smallest absolute Gasteiger partial charge is 0.315 e. The molecule has 27 heavy (non-hydrogen) atoms. The molecule has 0 saturated heterocycles. The number of aromatic hydroxyl groups is 2. The summed E-state index contributed by atoms with van der Waals surface area (Å²) in [6, 6.07) is 6.50. The number of aromatic nitrogens is 1. The van der Waals surface area contributed by atoms with Crippen LogP contribution in [0.4, 0.5) is 5.69 Å². The Morgan fingerprint density at radius 1 is 1.41 bits per heavy atom. The van der Waals surface area contributed by atoms with Crippen molar-refractivity contribution in [3.05, 3.63) is 63.5 Å². The largest absolute Gasteiger partial charge is 0.506 e. The Balaban J connectivity index is 2.42. The average molecular weight is 370 g/mol. The Hall–Kier alpha value is -4.13. The van der Waals surface area contributed by atoms with Gasteiger partial charge in [0.2, 0.25) is 5.75 Å². The molecular formula is C17H14N4O6. The van der Waals surface area contributed by atoms with Crippen molar-refractivity contribution < 1.29 is 25.0 Å². The van der Waals surface area contributed by atoms with Gasteiger partial charge in [0.1, 0.15) is 11.8 Å². The van der Waals surface area contributed by atoms with Crippen molar-refractivity contribution in [2.24, 2.45) is 0 Å². The Bertz CT molecular complexity index is 965. The van der Waals surface area contributed by atoms with Gasteiger partial charge >= 0.3 is 5.69 Å². The molecule has 10 nitrogen and oxygen atoms in total. The summed E-state index contributed by atoms with van der Waals surface area (Å²) < 4.78 is 0. The molecule has 0 unspecified atom stereocenters. The number of aliphatic hydroxyl groups excluding tert-OH is 1. The molecule has 0 aliphatic carbocycles. The van der Waals surface area contributed by atoms with E-state index >= 15 is 0 Å². The van der Waals surface area contributed by atoms with Crippen LogP contribution in [0.25, 0.3) is 5.76 Å². The van der Waals surface area contributed by atoms with Crippen molar-refractivity contribution in [2.45, 2.75) is 6.54 Å².